The Bertz CT molecular complexity index is 1230. The van der Waals surface area contributed by atoms with Crippen LogP contribution in [-0.4, -0.2) is 29.1 Å². The third-order valence-corrected chi connectivity index (χ3v) is 4.74. The average Bonchev–Trinajstić information content (AvgIpc) is 2.77. The second-order valence-corrected chi connectivity index (χ2v) is 6.69. The molecule has 0 amide bonds. The van der Waals surface area contributed by atoms with E-state index in [1.807, 2.05) is 42.3 Å². The summed E-state index contributed by atoms with van der Waals surface area (Å²) < 4.78 is 5.41. The molecule has 6 nitrogen and oxygen atoms in total. The van der Waals surface area contributed by atoms with Crippen molar-refractivity contribution in [2.24, 2.45) is 0 Å². The lowest BCUT2D eigenvalue weighted by molar-refractivity contribution is 0.414. The zero-order chi connectivity index (χ0) is 20.4. The van der Waals surface area contributed by atoms with Gasteiger partial charge in [0.25, 0.3) is 0 Å². The van der Waals surface area contributed by atoms with Crippen molar-refractivity contribution in [3.05, 3.63) is 72.1 Å². The highest BCUT2D eigenvalue weighted by Crippen LogP contribution is 2.34. The van der Waals surface area contributed by atoms with Crippen LogP contribution in [0.15, 0.2) is 60.9 Å². The molecular weight excluding hydrogens is 362 g/mol. The number of hydrogen-bond donors (Lipinski definition) is 0. The summed E-state index contributed by atoms with van der Waals surface area (Å²) in [6.07, 6.45) is 3.44. The van der Waals surface area contributed by atoms with Crippen LogP contribution in [0.4, 0.5) is 11.5 Å². The normalized spacial score (nSPS) is 10.6. The van der Waals surface area contributed by atoms with E-state index in [0.717, 1.165) is 28.0 Å². The van der Waals surface area contributed by atoms with Gasteiger partial charge in [-0.3, -0.25) is 4.98 Å². The van der Waals surface area contributed by atoms with Gasteiger partial charge in [-0.15, -0.1) is 0 Å². The molecule has 0 aliphatic heterocycles. The predicted molar refractivity (Wildman–Crippen MR) is 113 cm³/mol. The molecule has 0 unspecified atom stereocenters. The summed E-state index contributed by atoms with van der Waals surface area (Å²) in [4.78, 5) is 15.7. The predicted octanol–water partition coefficient (Wildman–Crippen LogP) is 4.65. The van der Waals surface area contributed by atoms with Gasteiger partial charge < -0.3 is 9.64 Å². The van der Waals surface area contributed by atoms with Gasteiger partial charge in [-0.2, -0.15) is 5.26 Å². The lowest BCUT2D eigenvalue weighted by atomic mass is 10.1. The fourth-order valence-electron chi connectivity index (χ4n) is 3.23. The number of fused-ring (bicyclic) bond motifs is 1. The highest BCUT2D eigenvalue weighted by atomic mass is 16.5. The molecule has 0 saturated carbocycles. The van der Waals surface area contributed by atoms with Gasteiger partial charge in [-0.05, 0) is 48.9 Å². The maximum Gasteiger partial charge on any atom is 0.163 e. The third-order valence-electron chi connectivity index (χ3n) is 4.74. The Kier molecular flexibility index (Phi) is 4.80. The van der Waals surface area contributed by atoms with E-state index in [1.54, 1.807) is 25.6 Å². The number of pyridine rings is 1. The Labute approximate surface area is 169 Å². The highest BCUT2D eigenvalue weighted by Gasteiger charge is 2.17. The minimum Gasteiger partial charge on any atom is -0.495 e. The Morgan fingerprint density at radius 2 is 1.93 bits per heavy atom. The maximum atomic E-state index is 9.49. The lowest BCUT2D eigenvalue weighted by Crippen LogP contribution is -2.13. The zero-order valence-electron chi connectivity index (χ0n) is 16.4. The third kappa shape index (κ3) is 3.46. The molecule has 2 aromatic heterocycles. The monoisotopic (exact) mass is 381 g/mol. The van der Waals surface area contributed by atoms with Crippen LogP contribution in [-0.2, 0) is 0 Å². The summed E-state index contributed by atoms with van der Waals surface area (Å²) in [6, 6.07) is 17.7. The Hall–Kier alpha value is -3.98. The van der Waals surface area contributed by atoms with E-state index in [-0.39, 0.29) is 0 Å². The Morgan fingerprint density at radius 1 is 1.07 bits per heavy atom. The topological polar surface area (TPSA) is 74.9 Å². The van der Waals surface area contributed by atoms with Gasteiger partial charge in [-0.1, -0.05) is 12.1 Å². The van der Waals surface area contributed by atoms with E-state index in [1.165, 1.54) is 0 Å². The first kappa shape index (κ1) is 18.4. The molecule has 0 saturated heterocycles. The zero-order valence-corrected chi connectivity index (χ0v) is 16.4. The van der Waals surface area contributed by atoms with Gasteiger partial charge in [0.15, 0.2) is 5.82 Å². The number of benzene rings is 2. The van der Waals surface area contributed by atoms with Crippen molar-refractivity contribution in [2.75, 3.05) is 19.1 Å². The van der Waals surface area contributed by atoms with E-state index in [0.29, 0.717) is 22.7 Å². The van der Waals surface area contributed by atoms with Crippen LogP contribution in [0.2, 0.25) is 0 Å². The molecule has 29 heavy (non-hydrogen) atoms. The minimum absolute atomic E-state index is 0.431. The molecule has 2 aromatic carbocycles. The van der Waals surface area contributed by atoms with Gasteiger partial charge in [0.05, 0.1) is 18.2 Å². The summed E-state index contributed by atoms with van der Waals surface area (Å²) in [7, 11) is 3.52. The van der Waals surface area contributed by atoms with Crippen molar-refractivity contribution in [3.8, 4) is 23.2 Å². The minimum atomic E-state index is 0.431. The second-order valence-electron chi connectivity index (χ2n) is 6.69. The van der Waals surface area contributed by atoms with E-state index in [2.05, 4.69) is 30.1 Å². The molecule has 4 rings (SSSR count). The van der Waals surface area contributed by atoms with Gasteiger partial charge in [0, 0.05) is 36.1 Å². The average molecular weight is 381 g/mol. The molecule has 0 aliphatic rings. The number of anilines is 2. The van der Waals surface area contributed by atoms with Crippen molar-refractivity contribution in [2.45, 2.75) is 6.92 Å². The molecule has 0 bridgehead atoms. The van der Waals surface area contributed by atoms with Crippen molar-refractivity contribution >= 4 is 22.4 Å². The SMILES string of the molecule is COc1cc2c(N(C)c3cccc(C)c3)nc(-c3cccnc3)nc2cc1C#N. The molecule has 4 aromatic rings. The fraction of sp³-hybridized carbons (Fsp3) is 0.130. The number of aryl methyl sites for hydroxylation is 1. The first-order chi connectivity index (χ1) is 14.1. The van der Waals surface area contributed by atoms with Crippen LogP contribution < -0.4 is 9.64 Å². The molecule has 0 fully saturated rings. The van der Waals surface area contributed by atoms with Crippen LogP contribution in [0.5, 0.6) is 5.75 Å². The molecule has 2 heterocycles. The smallest absolute Gasteiger partial charge is 0.163 e. The van der Waals surface area contributed by atoms with E-state index in [4.69, 9.17) is 14.7 Å². The van der Waals surface area contributed by atoms with Gasteiger partial charge >= 0.3 is 0 Å². The summed E-state index contributed by atoms with van der Waals surface area (Å²) in [5, 5.41) is 10.3. The number of ether oxygens (including phenoxy) is 1. The number of methoxy groups -OCH3 is 1. The van der Waals surface area contributed by atoms with Crippen LogP contribution in [0.1, 0.15) is 11.1 Å². The van der Waals surface area contributed by atoms with E-state index < -0.39 is 0 Å². The van der Waals surface area contributed by atoms with Crippen LogP contribution in [0.25, 0.3) is 22.3 Å². The quantitative estimate of drug-likeness (QED) is 0.512. The van der Waals surface area contributed by atoms with Crippen LogP contribution >= 0.6 is 0 Å². The summed E-state index contributed by atoms with van der Waals surface area (Å²) in [5.41, 5.74) is 4.07. The summed E-state index contributed by atoms with van der Waals surface area (Å²) >= 11 is 0. The largest absolute Gasteiger partial charge is 0.495 e. The maximum absolute atomic E-state index is 9.49. The first-order valence-corrected chi connectivity index (χ1v) is 9.11. The number of hydrogen-bond acceptors (Lipinski definition) is 6. The van der Waals surface area contributed by atoms with Gasteiger partial charge in [0.2, 0.25) is 0 Å². The molecule has 0 N–H and O–H groups in total. The van der Waals surface area contributed by atoms with E-state index >= 15 is 0 Å². The first-order valence-electron chi connectivity index (χ1n) is 9.11. The summed E-state index contributed by atoms with van der Waals surface area (Å²) in [6.45, 7) is 2.05. The van der Waals surface area contributed by atoms with Crippen LogP contribution in [0.3, 0.4) is 0 Å². The second kappa shape index (κ2) is 7.56. The number of aromatic nitrogens is 3. The van der Waals surface area contributed by atoms with Crippen molar-refractivity contribution in [1.82, 2.24) is 15.0 Å². The molecule has 0 radical (unpaired) electrons. The Balaban J connectivity index is 2.00. The van der Waals surface area contributed by atoms with Gasteiger partial charge in [-0.25, -0.2) is 9.97 Å². The molecule has 0 aliphatic carbocycles. The Morgan fingerprint density at radius 3 is 2.62 bits per heavy atom. The van der Waals surface area contributed by atoms with Crippen molar-refractivity contribution < 1.29 is 4.74 Å². The molecule has 142 valence electrons. The highest BCUT2D eigenvalue weighted by molar-refractivity contribution is 5.95. The molecule has 0 atom stereocenters. The van der Waals surface area contributed by atoms with Gasteiger partial charge in [0.1, 0.15) is 17.6 Å². The standard InChI is InChI=1S/C23H19N5O/c1-15-6-4-8-18(10-15)28(2)23-19-12-21(29-3)17(13-24)11-20(19)26-22(27-23)16-7-5-9-25-14-16/h4-12,14H,1-3H3. The molecule has 0 spiro atoms. The number of nitrogens with zero attached hydrogens (tertiary/aromatic N) is 5. The van der Waals surface area contributed by atoms with E-state index in [9.17, 15) is 5.26 Å². The van der Waals surface area contributed by atoms with Crippen molar-refractivity contribution in [1.29, 1.82) is 5.26 Å². The van der Waals surface area contributed by atoms with Crippen LogP contribution in [0, 0.1) is 18.3 Å². The summed E-state index contributed by atoms with van der Waals surface area (Å²) in [5.74, 6) is 1.77. The fourth-order valence-corrected chi connectivity index (χ4v) is 3.23. The van der Waals surface area contributed by atoms with Crippen molar-refractivity contribution in [3.63, 3.8) is 0 Å². The number of nitriles is 1. The lowest BCUT2D eigenvalue weighted by Gasteiger charge is -2.21. The molecule has 6 heteroatoms. The molecular formula is C23H19N5O. The number of rotatable bonds is 4.